The summed E-state index contributed by atoms with van der Waals surface area (Å²) < 4.78 is 58.9. The molecule has 0 atom stereocenters. The van der Waals surface area contributed by atoms with E-state index in [1.165, 1.54) is 51.3 Å². The molecule has 1 aliphatic rings. The van der Waals surface area contributed by atoms with Crippen LogP contribution in [0.1, 0.15) is 47.9 Å². The van der Waals surface area contributed by atoms with Crippen LogP contribution in [0.3, 0.4) is 0 Å². The first-order chi connectivity index (χ1) is 20.8. The Morgan fingerprint density at radius 1 is 0.767 bits per heavy atom. The van der Waals surface area contributed by atoms with Gasteiger partial charge in [-0.05, 0) is 96.0 Å². The zero-order chi connectivity index (χ0) is 30.7. The average molecular weight is 607 g/mol. The maximum absolute atomic E-state index is 13.3. The Hall–Kier alpha value is -3.77. The maximum atomic E-state index is 13.3. The molecule has 0 amide bonds. The molecule has 0 aliphatic heterocycles. The lowest BCUT2D eigenvalue weighted by Gasteiger charge is -2.18. The van der Waals surface area contributed by atoms with Gasteiger partial charge in [0.1, 0.15) is 11.6 Å². The molecule has 0 aromatic heterocycles. The zero-order valence-electron chi connectivity index (χ0n) is 24.7. The second-order valence-electron chi connectivity index (χ2n) is 10.1. The summed E-state index contributed by atoms with van der Waals surface area (Å²) in [5.74, 6) is 0.964. The number of benzene rings is 4. The van der Waals surface area contributed by atoms with Gasteiger partial charge < -0.3 is 18.5 Å². The maximum Gasteiger partial charge on any atom is 0.334 e. The van der Waals surface area contributed by atoms with Crippen LogP contribution in [-0.2, 0) is 19.8 Å². The first-order valence-corrected chi connectivity index (χ1v) is 15.9. The SMILES string of the molecule is COP(=O)(Cc1ccc(F)cc1)OC.COc1ccc(C(=Cc2ccc(F)cc2)c2ccccc2)cc1OC1CCCC1. The minimum Gasteiger partial charge on any atom is -0.493 e. The van der Waals surface area contributed by atoms with Gasteiger partial charge in [0.15, 0.2) is 11.5 Å². The highest BCUT2D eigenvalue weighted by Crippen LogP contribution is 2.49. The number of ether oxygens (including phenoxy) is 2. The van der Waals surface area contributed by atoms with E-state index in [4.69, 9.17) is 18.5 Å². The summed E-state index contributed by atoms with van der Waals surface area (Å²) in [4.78, 5) is 0. The Labute approximate surface area is 252 Å². The summed E-state index contributed by atoms with van der Waals surface area (Å²) in [5.41, 5.74) is 4.84. The molecule has 0 unspecified atom stereocenters. The second-order valence-corrected chi connectivity index (χ2v) is 12.4. The molecule has 4 aromatic carbocycles. The van der Waals surface area contributed by atoms with Crippen molar-refractivity contribution in [2.24, 2.45) is 0 Å². The van der Waals surface area contributed by atoms with Crippen LogP contribution in [0.4, 0.5) is 8.78 Å². The molecule has 226 valence electrons. The number of hydrogen-bond acceptors (Lipinski definition) is 5. The van der Waals surface area contributed by atoms with Crippen molar-refractivity contribution in [2.45, 2.75) is 37.9 Å². The first-order valence-electron chi connectivity index (χ1n) is 14.1. The van der Waals surface area contributed by atoms with Gasteiger partial charge in [-0.15, -0.1) is 0 Å². The van der Waals surface area contributed by atoms with Gasteiger partial charge in [0.25, 0.3) is 0 Å². The van der Waals surface area contributed by atoms with Crippen LogP contribution in [0, 0.1) is 11.6 Å². The number of rotatable bonds is 10. The molecule has 1 fully saturated rings. The van der Waals surface area contributed by atoms with Crippen LogP contribution in [0.15, 0.2) is 97.1 Å². The van der Waals surface area contributed by atoms with Gasteiger partial charge in [-0.2, -0.15) is 0 Å². The molecule has 0 saturated heterocycles. The van der Waals surface area contributed by atoms with Gasteiger partial charge in [0.2, 0.25) is 0 Å². The lowest BCUT2D eigenvalue weighted by molar-refractivity contribution is 0.201. The van der Waals surface area contributed by atoms with Crippen molar-refractivity contribution in [3.63, 3.8) is 0 Å². The summed E-state index contributed by atoms with van der Waals surface area (Å²) in [6.07, 6.45) is 7.09. The second kappa shape index (κ2) is 15.6. The Kier molecular flexibility index (Phi) is 11.7. The lowest BCUT2D eigenvalue weighted by Crippen LogP contribution is -2.11. The van der Waals surface area contributed by atoms with E-state index in [1.54, 1.807) is 31.4 Å². The van der Waals surface area contributed by atoms with Crippen LogP contribution in [-0.4, -0.2) is 27.4 Å². The molecule has 8 heteroatoms. The molecule has 5 nitrogen and oxygen atoms in total. The van der Waals surface area contributed by atoms with E-state index in [0.29, 0.717) is 0 Å². The largest absolute Gasteiger partial charge is 0.493 e. The van der Waals surface area contributed by atoms with Crippen LogP contribution < -0.4 is 9.47 Å². The highest BCUT2D eigenvalue weighted by atomic mass is 31.2. The molecule has 43 heavy (non-hydrogen) atoms. The fourth-order valence-corrected chi connectivity index (χ4v) is 5.88. The van der Waals surface area contributed by atoms with Gasteiger partial charge in [0, 0.05) is 14.2 Å². The van der Waals surface area contributed by atoms with Crippen LogP contribution >= 0.6 is 7.60 Å². The summed E-state index contributed by atoms with van der Waals surface area (Å²) in [6.45, 7) is 0. The molecule has 0 spiro atoms. The number of methoxy groups -OCH3 is 1. The van der Waals surface area contributed by atoms with Crippen molar-refractivity contribution in [3.05, 3.63) is 131 Å². The van der Waals surface area contributed by atoms with Crippen molar-refractivity contribution in [1.29, 1.82) is 0 Å². The third kappa shape index (κ3) is 9.36. The quantitative estimate of drug-likeness (QED) is 0.133. The lowest BCUT2D eigenvalue weighted by atomic mass is 9.95. The summed E-state index contributed by atoms with van der Waals surface area (Å²) in [5, 5.41) is 0. The monoisotopic (exact) mass is 606 g/mol. The minimum atomic E-state index is -3.04. The molecule has 0 heterocycles. The first kappa shape index (κ1) is 32.2. The Morgan fingerprint density at radius 2 is 1.37 bits per heavy atom. The molecule has 1 saturated carbocycles. The Bertz CT molecular complexity index is 1510. The zero-order valence-corrected chi connectivity index (χ0v) is 25.6. The van der Waals surface area contributed by atoms with Gasteiger partial charge in [-0.25, -0.2) is 8.78 Å². The Morgan fingerprint density at radius 3 is 1.95 bits per heavy atom. The third-order valence-corrected chi connectivity index (χ3v) is 9.05. The number of halogens is 2. The highest BCUT2D eigenvalue weighted by Gasteiger charge is 2.21. The Balaban J connectivity index is 0.000000255. The predicted octanol–water partition coefficient (Wildman–Crippen LogP) is 9.56. The molecule has 0 radical (unpaired) electrons. The van der Waals surface area contributed by atoms with Crippen LogP contribution in [0.25, 0.3) is 11.6 Å². The van der Waals surface area contributed by atoms with Crippen molar-refractivity contribution < 1.29 is 31.9 Å². The van der Waals surface area contributed by atoms with E-state index in [2.05, 4.69) is 24.3 Å². The normalized spacial score (nSPS) is 13.7. The number of hydrogen-bond donors (Lipinski definition) is 0. The molecule has 5 rings (SSSR count). The van der Waals surface area contributed by atoms with Gasteiger partial charge >= 0.3 is 7.60 Å². The summed E-state index contributed by atoms with van der Waals surface area (Å²) in [7, 11) is 1.28. The fraction of sp³-hybridized carbons (Fsp3) is 0.257. The average Bonchev–Trinajstić information content (AvgIpc) is 3.56. The molecule has 4 aromatic rings. The summed E-state index contributed by atoms with van der Waals surface area (Å²) >= 11 is 0. The standard InChI is InChI=1S/C26H25FO2.C9H12FO3P/c1-28-25-16-13-21(18-26(25)29-23-9-5-6-10-23)24(20-7-3-2-4-8-20)17-19-11-14-22(27)15-12-19;1-12-14(11,13-2)7-8-3-5-9(10)6-4-8/h2-4,7-8,11-18,23H,5-6,9-10H2,1H3;3-6H,7H2,1-2H3. The summed E-state index contributed by atoms with van der Waals surface area (Å²) in [6, 6.07) is 28.5. The van der Waals surface area contributed by atoms with Crippen molar-refractivity contribution in [1.82, 2.24) is 0 Å². The van der Waals surface area contributed by atoms with E-state index >= 15 is 0 Å². The topological polar surface area (TPSA) is 54.0 Å². The smallest absolute Gasteiger partial charge is 0.334 e. The van der Waals surface area contributed by atoms with Gasteiger partial charge in [0.05, 0.1) is 19.4 Å². The van der Waals surface area contributed by atoms with E-state index in [9.17, 15) is 13.3 Å². The highest BCUT2D eigenvalue weighted by molar-refractivity contribution is 7.52. The predicted molar refractivity (Wildman–Crippen MR) is 167 cm³/mol. The van der Waals surface area contributed by atoms with Crippen LogP contribution in [0.5, 0.6) is 11.5 Å². The van der Waals surface area contributed by atoms with Crippen molar-refractivity contribution in [3.8, 4) is 11.5 Å². The van der Waals surface area contributed by atoms with Crippen molar-refractivity contribution in [2.75, 3.05) is 21.3 Å². The molecule has 1 aliphatic carbocycles. The fourth-order valence-electron chi connectivity index (χ4n) is 4.82. The molecule has 0 N–H and O–H groups in total. The van der Waals surface area contributed by atoms with E-state index in [0.717, 1.165) is 52.2 Å². The molecular formula is C35H37F2O5P. The molecular weight excluding hydrogens is 569 g/mol. The van der Waals surface area contributed by atoms with E-state index < -0.39 is 7.60 Å². The minimum absolute atomic E-state index is 0.153. The van der Waals surface area contributed by atoms with E-state index in [-0.39, 0.29) is 23.9 Å². The van der Waals surface area contributed by atoms with Crippen molar-refractivity contribution >= 4 is 19.2 Å². The van der Waals surface area contributed by atoms with Gasteiger partial charge in [-0.1, -0.05) is 60.7 Å². The third-order valence-electron chi connectivity index (χ3n) is 7.18. The van der Waals surface area contributed by atoms with E-state index in [1.807, 2.05) is 30.3 Å². The van der Waals surface area contributed by atoms with Crippen LogP contribution in [0.2, 0.25) is 0 Å². The molecule has 0 bridgehead atoms. The van der Waals surface area contributed by atoms with Gasteiger partial charge in [-0.3, -0.25) is 4.57 Å².